The Labute approximate surface area is 150 Å². The van der Waals surface area contributed by atoms with Crippen LogP contribution in [-0.2, 0) is 24.6 Å². The summed E-state index contributed by atoms with van der Waals surface area (Å²) >= 11 is 5.56. The minimum Gasteiger partial charge on any atom is -0.325 e. The minimum absolute atomic E-state index is 0.0555. The van der Waals surface area contributed by atoms with Crippen LogP contribution in [-0.4, -0.2) is 15.0 Å². The molecule has 0 aliphatic heterocycles. The Morgan fingerprint density at radius 3 is 2.46 bits per heavy atom. The van der Waals surface area contributed by atoms with E-state index in [1.807, 2.05) is 0 Å². The first-order chi connectivity index (χ1) is 12.2. The van der Waals surface area contributed by atoms with Crippen molar-refractivity contribution >= 4 is 34.2 Å². The third-order valence-corrected chi connectivity index (χ3v) is 4.24. The molecule has 0 saturated heterocycles. The van der Waals surface area contributed by atoms with Crippen molar-refractivity contribution in [1.29, 1.82) is 0 Å². The number of fused-ring (bicyclic) bond motifs is 1. The molecule has 0 unspecified atom stereocenters. The van der Waals surface area contributed by atoms with Crippen LogP contribution in [0.2, 0.25) is 5.02 Å². The van der Waals surface area contributed by atoms with Gasteiger partial charge in [0.15, 0.2) is 0 Å². The number of halogens is 4. The topological polar surface area (TPSA) is 56.0 Å². The van der Waals surface area contributed by atoms with Gasteiger partial charge in [0.1, 0.15) is 6.54 Å². The lowest BCUT2D eigenvalue weighted by atomic mass is 10.2. The summed E-state index contributed by atoms with van der Waals surface area (Å²) in [6.07, 6.45) is -4.63. The van der Waals surface area contributed by atoms with Gasteiger partial charge in [-0.1, -0.05) is 23.7 Å². The van der Waals surface area contributed by atoms with Crippen molar-refractivity contribution in [3.05, 3.63) is 63.5 Å². The van der Waals surface area contributed by atoms with E-state index >= 15 is 0 Å². The zero-order chi connectivity index (χ0) is 19.1. The summed E-state index contributed by atoms with van der Waals surface area (Å²) in [5.74, 6) is -0.626. The quantitative estimate of drug-likeness (QED) is 0.750. The van der Waals surface area contributed by atoms with E-state index in [1.54, 1.807) is 31.3 Å². The van der Waals surface area contributed by atoms with Crippen LogP contribution in [0.5, 0.6) is 0 Å². The predicted octanol–water partition coefficient (Wildman–Crippen LogP) is 3.65. The number of hydrogen-bond acceptors (Lipinski definition) is 2. The molecule has 1 aromatic heterocycles. The number of benzene rings is 2. The second kappa shape index (κ2) is 6.53. The fourth-order valence-corrected chi connectivity index (χ4v) is 2.91. The van der Waals surface area contributed by atoms with Gasteiger partial charge in [0, 0.05) is 12.7 Å². The van der Waals surface area contributed by atoms with E-state index < -0.39 is 28.4 Å². The lowest BCUT2D eigenvalue weighted by Gasteiger charge is -2.12. The number of aromatic nitrogens is 2. The first-order valence-electron chi connectivity index (χ1n) is 7.49. The molecule has 0 aliphatic rings. The number of hydrogen-bond donors (Lipinski definition) is 1. The molecular weight excluding hydrogens is 371 g/mol. The first kappa shape index (κ1) is 18.1. The van der Waals surface area contributed by atoms with Crippen LogP contribution in [0.25, 0.3) is 11.0 Å². The van der Waals surface area contributed by atoms with Crippen molar-refractivity contribution in [2.75, 3.05) is 5.32 Å². The maximum Gasteiger partial charge on any atom is 0.417 e. The summed E-state index contributed by atoms with van der Waals surface area (Å²) < 4.78 is 41.3. The maximum atomic E-state index is 12.9. The molecule has 1 amide bonds. The summed E-state index contributed by atoms with van der Waals surface area (Å²) in [5, 5.41) is 1.91. The average molecular weight is 384 g/mol. The molecule has 3 rings (SSSR count). The molecule has 0 saturated carbocycles. The van der Waals surface area contributed by atoms with Gasteiger partial charge in [0.25, 0.3) is 0 Å². The number of imidazole rings is 1. The van der Waals surface area contributed by atoms with Gasteiger partial charge in [-0.3, -0.25) is 13.9 Å². The van der Waals surface area contributed by atoms with Crippen molar-refractivity contribution in [2.24, 2.45) is 7.05 Å². The van der Waals surface area contributed by atoms with Crippen LogP contribution in [0.3, 0.4) is 0 Å². The SMILES string of the molecule is Cn1c(=O)n(CC(=O)Nc2ccc(Cl)c(C(F)(F)F)c2)c2ccccc21. The Morgan fingerprint density at radius 2 is 1.81 bits per heavy atom. The molecule has 1 N–H and O–H groups in total. The van der Waals surface area contributed by atoms with Gasteiger partial charge in [-0.2, -0.15) is 13.2 Å². The number of aryl methyl sites for hydroxylation is 1. The molecule has 136 valence electrons. The summed E-state index contributed by atoms with van der Waals surface area (Å²) in [7, 11) is 1.58. The summed E-state index contributed by atoms with van der Waals surface area (Å²) in [5.41, 5.74) is -0.286. The average Bonchev–Trinajstić information content (AvgIpc) is 2.81. The zero-order valence-electron chi connectivity index (χ0n) is 13.5. The highest BCUT2D eigenvalue weighted by Gasteiger charge is 2.33. The van der Waals surface area contributed by atoms with Gasteiger partial charge < -0.3 is 5.32 Å². The minimum atomic E-state index is -4.63. The van der Waals surface area contributed by atoms with Crippen molar-refractivity contribution in [2.45, 2.75) is 12.7 Å². The van der Waals surface area contributed by atoms with Crippen molar-refractivity contribution in [3.63, 3.8) is 0 Å². The Hall–Kier alpha value is -2.74. The summed E-state index contributed by atoms with van der Waals surface area (Å²) in [6, 6.07) is 10.00. The second-order valence-electron chi connectivity index (χ2n) is 5.66. The summed E-state index contributed by atoms with van der Waals surface area (Å²) in [4.78, 5) is 24.5. The van der Waals surface area contributed by atoms with E-state index in [0.29, 0.717) is 11.0 Å². The fraction of sp³-hybridized carbons (Fsp3) is 0.176. The highest BCUT2D eigenvalue weighted by atomic mass is 35.5. The highest BCUT2D eigenvalue weighted by molar-refractivity contribution is 6.31. The lowest BCUT2D eigenvalue weighted by molar-refractivity contribution is -0.137. The molecule has 0 aliphatic carbocycles. The van der Waals surface area contributed by atoms with Crippen LogP contribution in [0, 0.1) is 0 Å². The molecule has 9 heteroatoms. The van der Waals surface area contributed by atoms with Crippen LogP contribution < -0.4 is 11.0 Å². The van der Waals surface area contributed by atoms with Crippen LogP contribution in [0.4, 0.5) is 18.9 Å². The largest absolute Gasteiger partial charge is 0.417 e. The number of anilines is 1. The lowest BCUT2D eigenvalue weighted by Crippen LogP contribution is -2.28. The van der Waals surface area contributed by atoms with Crippen LogP contribution >= 0.6 is 11.6 Å². The van der Waals surface area contributed by atoms with Gasteiger partial charge in [0.05, 0.1) is 21.6 Å². The van der Waals surface area contributed by atoms with Gasteiger partial charge >= 0.3 is 11.9 Å². The first-order valence-corrected chi connectivity index (χ1v) is 7.87. The Balaban J connectivity index is 1.87. The fourth-order valence-electron chi connectivity index (χ4n) is 2.68. The Bertz CT molecular complexity index is 1050. The molecule has 0 bridgehead atoms. The van der Waals surface area contributed by atoms with E-state index in [1.165, 1.54) is 15.2 Å². The van der Waals surface area contributed by atoms with Crippen molar-refractivity contribution in [3.8, 4) is 0 Å². The highest BCUT2D eigenvalue weighted by Crippen LogP contribution is 2.36. The Morgan fingerprint density at radius 1 is 1.15 bits per heavy atom. The van der Waals surface area contributed by atoms with Gasteiger partial charge in [-0.05, 0) is 30.3 Å². The second-order valence-corrected chi connectivity index (χ2v) is 6.06. The number of carbonyl (C=O) groups excluding carboxylic acids is 1. The smallest absolute Gasteiger partial charge is 0.325 e. The van der Waals surface area contributed by atoms with Crippen LogP contribution in [0.1, 0.15) is 5.56 Å². The zero-order valence-corrected chi connectivity index (χ0v) is 14.2. The van der Waals surface area contributed by atoms with Crippen molar-refractivity contribution in [1.82, 2.24) is 9.13 Å². The van der Waals surface area contributed by atoms with E-state index in [0.717, 1.165) is 12.1 Å². The molecule has 26 heavy (non-hydrogen) atoms. The number of rotatable bonds is 3. The monoisotopic (exact) mass is 383 g/mol. The summed E-state index contributed by atoms with van der Waals surface area (Å²) in [6.45, 7) is -0.329. The molecule has 3 aromatic rings. The standard InChI is InChI=1S/C17H13ClF3N3O2/c1-23-13-4-2-3-5-14(13)24(16(23)26)9-15(25)22-10-6-7-12(18)11(8-10)17(19,20)21/h2-8H,9H2,1H3,(H,22,25). The molecule has 2 aromatic carbocycles. The molecule has 0 atom stereocenters. The number of para-hydroxylation sites is 2. The molecule has 0 spiro atoms. The van der Waals surface area contributed by atoms with Gasteiger partial charge in [-0.15, -0.1) is 0 Å². The van der Waals surface area contributed by atoms with Crippen molar-refractivity contribution < 1.29 is 18.0 Å². The molecule has 1 heterocycles. The van der Waals surface area contributed by atoms with E-state index in [9.17, 15) is 22.8 Å². The van der Waals surface area contributed by atoms with E-state index in [-0.39, 0.29) is 12.2 Å². The third-order valence-electron chi connectivity index (χ3n) is 3.91. The number of nitrogens with zero attached hydrogens (tertiary/aromatic N) is 2. The molecule has 5 nitrogen and oxygen atoms in total. The maximum absolute atomic E-state index is 12.9. The van der Waals surface area contributed by atoms with E-state index in [2.05, 4.69) is 5.32 Å². The molecular formula is C17H13ClF3N3O2. The van der Waals surface area contributed by atoms with Crippen LogP contribution in [0.15, 0.2) is 47.3 Å². The van der Waals surface area contributed by atoms with Gasteiger partial charge in [-0.25, -0.2) is 4.79 Å². The Kier molecular flexibility index (Phi) is 4.53. The number of amides is 1. The molecule has 0 fully saturated rings. The van der Waals surface area contributed by atoms with E-state index in [4.69, 9.17) is 11.6 Å². The normalized spacial score (nSPS) is 11.7. The number of alkyl halides is 3. The third kappa shape index (κ3) is 3.32. The predicted molar refractivity (Wildman–Crippen MR) is 92.3 cm³/mol. The number of nitrogens with one attached hydrogen (secondary N) is 1. The molecule has 0 radical (unpaired) electrons. The number of carbonyl (C=O) groups is 1. The van der Waals surface area contributed by atoms with Gasteiger partial charge in [0.2, 0.25) is 5.91 Å².